The lowest BCUT2D eigenvalue weighted by atomic mass is 10.00. The highest BCUT2D eigenvalue weighted by molar-refractivity contribution is 5.67. The summed E-state index contributed by atoms with van der Waals surface area (Å²) in [6, 6.07) is 0. The van der Waals surface area contributed by atoms with Crippen LogP contribution in [0.2, 0.25) is 0 Å². The number of carbonyl (C=O) groups is 2. The van der Waals surface area contributed by atoms with E-state index in [-0.39, 0.29) is 0 Å². The normalized spacial score (nSPS) is 37.4. The molecule has 1 saturated heterocycles. The summed E-state index contributed by atoms with van der Waals surface area (Å²) < 4.78 is 27.6. The fraction of sp³-hybridized carbons (Fsp3) is 0.800. The summed E-state index contributed by atoms with van der Waals surface area (Å²) in [5.74, 6) is -1.39. The number of halogens is 1. The van der Waals surface area contributed by atoms with E-state index in [0.717, 1.165) is 13.8 Å². The Hall–Kier alpha value is -1.21. The molecule has 0 radical (unpaired) electrons. The summed E-state index contributed by atoms with van der Waals surface area (Å²) in [4.78, 5) is 21.6. The summed E-state index contributed by atoms with van der Waals surface area (Å²) in [6.45, 7) is 3.69. The van der Waals surface area contributed by atoms with Gasteiger partial charge in [-0.2, -0.15) is 0 Å². The number of ether oxygens (including phenoxy) is 3. The highest BCUT2D eigenvalue weighted by atomic mass is 19.1. The van der Waals surface area contributed by atoms with Gasteiger partial charge in [-0.3, -0.25) is 9.59 Å². The smallest absolute Gasteiger partial charge is 0.303 e. The van der Waals surface area contributed by atoms with Gasteiger partial charge in [0.15, 0.2) is 12.2 Å². The van der Waals surface area contributed by atoms with Gasteiger partial charge in [0, 0.05) is 13.8 Å². The van der Waals surface area contributed by atoms with Crippen LogP contribution < -0.4 is 0 Å². The van der Waals surface area contributed by atoms with Crippen LogP contribution >= 0.6 is 0 Å². The van der Waals surface area contributed by atoms with E-state index in [4.69, 9.17) is 9.47 Å². The first-order valence-electron chi connectivity index (χ1n) is 5.15. The molecule has 0 aromatic carbocycles. The molecule has 6 nitrogen and oxygen atoms in total. The van der Waals surface area contributed by atoms with Gasteiger partial charge in [0.2, 0.25) is 6.36 Å². The van der Waals surface area contributed by atoms with Crippen molar-refractivity contribution in [2.75, 3.05) is 0 Å². The van der Waals surface area contributed by atoms with Gasteiger partial charge in [-0.25, -0.2) is 4.39 Å². The van der Waals surface area contributed by atoms with Crippen LogP contribution in [0.15, 0.2) is 0 Å². The van der Waals surface area contributed by atoms with Gasteiger partial charge in [-0.15, -0.1) is 0 Å². The highest BCUT2D eigenvalue weighted by Crippen LogP contribution is 2.26. The van der Waals surface area contributed by atoms with E-state index < -0.39 is 42.7 Å². The van der Waals surface area contributed by atoms with E-state index in [9.17, 15) is 19.1 Å². The number of carbonyl (C=O) groups excluding carboxylic acids is 2. The summed E-state index contributed by atoms with van der Waals surface area (Å²) in [6.07, 6.45) is -6.79. The Morgan fingerprint density at radius 2 is 1.65 bits per heavy atom. The first kappa shape index (κ1) is 13.9. The second-order valence-electron chi connectivity index (χ2n) is 3.83. The predicted octanol–water partition coefficient (Wildman–Crippen LogP) is -0.0750. The summed E-state index contributed by atoms with van der Waals surface area (Å²) in [5, 5.41) is 9.79. The average Bonchev–Trinajstić information content (AvgIpc) is 2.18. The Kier molecular flexibility index (Phi) is 4.41. The molecule has 1 heterocycles. The maximum absolute atomic E-state index is 13.4. The SMILES string of the molecule is CC(=O)O[C@H]1[C@@H](O)[C@H](OC(C)=O)[C@H](F)O[C@H]1C. The number of rotatable bonds is 2. The number of hydrogen-bond acceptors (Lipinski definition) is 6. The lowest BCUT2D eigenvalue weighted by Crippen LogP contribution is -2.57. The summed E-state index contributed by atoms with van der Waals surface area (Å²) in [7, 11) is 0. The zero-order chi connectivity index (χ0) is 13.2. The minimum absolute atomic E-state index is 0.636. The molecule has 1 rings (SSSR count). The maximum atomic E-state index is 13.4. The number of esters is 2. The summed E-state index contributed by atoms with van der Waals surface area (Å²) in [5.41, 5.74) is 0. The van der Waals surface area contributed by atoms with Crippen molar-refractivity contribution < 1.29 is 33.3 Å². The second kappa shape index (κ2) is 5.42. The van der Waals surface area contributed by atoms with E-state index in [1.165, 1.54) is 6.92 Å². The monoisotopic (exact) mass is 250 g/mol. The first-order valence-corrected chi connectivity index (χ1v) is 5.15. The minimum Gasteiger partial charge on any atom is -0.457 e. The molecule has 1 aliphatic heterocycles. The molecule has 1 N–H and O–H groups in total. The van der Waals surface area contributed by atoms with Crippen LogP contribution in [0.25, 0.3) is 0 Å². The van der Waals surface area contributed by atoms with E-state index >= 15 is 0 Å². The van der Waals surface area contributed by atoms with Crippen molar-refractivity contribution in [2.45, 2.75) is 51.5 Å². The Balaban J connectivity index is 2.78. The van der Waals surface area contributed by atoms with Crippen LogP contribution in [0, 0.1) is 0 Å². The quantitative estimate of drug-likeness (QED) is 0.690. The van der Waals surface area contributed by atoms with Crippen LogP contribution in [0.4, 0.5) is 4.39 Å². The molecule has 0 aromatic rings. The number of hydrogen-bond donors (Lipinski definition) is 1. The van der Waals surface area contributed by atoms with Gasteiger partial charge in [0.05, 0.1) is 6.10 Å². The van der Waals surface area contributed by atoms with Crippen LogP contribution in [0.5, 0.6) is 0 Å². The molecule has 7 heteroatoms. The van der Waals surface area contributed by atoms with Crippen molar-refractivity contribution in [2.24, 2.45) is 0 Å². The Bertz CT molecular complexity index is 279. The van der Waals surface area contributed by atoms with Crippen LogP contribution in [-0.4, -0.2) is 47.8 Å². The topological polar surface area (TPSA) is 82.1 Å². The summed E-state index contributed by atoms with van der Waals surface area (Å²) >= 11 is 0. The Morgan fingerprint density at radius 3 is 2.12 bits per heavy atom. The molecule has 0 aromatic heterocycles. The van der Waals surface area contributed by atoms with Crippen LogP contribution in [-0.2, 0) is 23.8 Å². The fourth-order valence-corrected chi connectivity index (χ4v) is 1.65. The fourth-order valence-electron chi connectivity index (χ4n) is 1.65. The molecule has 0 aliphatic carbocycles. The average molecular weight is 250 g/mol. The third-order valence-electron chi connectivity index (χ3n) is 2.34. The van der Waals surface area contributed by atoms with Crippen molar-refractivity contribution in [3.05, 3.63) is 0 Å². The molecule has 0 spiro atoms. The molecular weight excluding hydrogens is 235 g/mol. The molecule has 1 fully saturated rings. The minimum atomic E-state index is -1.95. The van der Waals surface area contributed by atoms with Gasteiger partial charge >= 0.3 is 11.9 Å². The van der Waals surface area contributed by atoms with Crippen molar-refractivity contribution >= 4 is 11.9 Å². The molecule has 0 amide bonds. The van der Waals surface area contributed by atoms with E-state index in [1.807, 2.05) is 0 Å². The third-order valence-corrected chi connectivity index (χ3v) is 2.34. The largest absolute Gasteiger partial charge is 0.457 e. The molecule has 1 aliphatic rings. The zero-order valence-corrected chi connectivity index (χ0v) is 9.75. The van der Waals surface area contributed by atoms with Crippen molar-refractivity contribution in [3.8, 4) is 0 Å². The van der Waals surface area contributed by atoms with E-state index in [2.05, 4.69) is 4.74 Å². The number of aliphatic hydroxyl groups excluding tert-OH is 1. The number of alkyl halides is 1. The predicted molar refractivity (Wildman–Crippen MR) is 52.6 cm³/mol. The van der Waals surface area contributed by atoms with Gasteiger partial charge in [-0.1, -0.05) is 0 Å². The highest BCUT2D eigenvalue weighted by Gasteiger charge is 2.47. The lowest BCUT2D eigenvalue weighted by Gasteiger charge is -2.39. The molecule has 17 heavy (non-hydrogen) atoms. The maximum Gasteiger partial charge on any atom is 0.303 e. The zero-order valence-electron chi connectivity index (χ0n) is 9.75. The standard InChI is InChI=1S/C10H15FO6/c1-4-8(16-5(2)12)7(14)9(10(11)15-4)17-6(3)13/h4,7-10,14H,1-3H3/t4-,7+,8+,9-,10+/m0/s1. The van der Waals surface area contributed by atoms with E-state index in [0.29, 0.717) is 0 Å². The molecule has 0 saturated carbocycles. The van der Waals surface area contributed by atoms with Gasteiger partial charge < -0.3 is 19.3 Å². The molecule has 5 atom stereocenters. The number of aliphatic hydroxyl groups is 1. The lowest BCUT2D eigenvalue weighted by molar-refractivity contribution is -0.264. The van der Waals surface area contributed by atoms with Gasteiger partial charge in [-0.05, 0) is 6.92 Å². The second-order valence-corrected chi connectivity index (χ2v) is 3.83. The van der Waals surface area contributed by atoms with Crippen LogP contribution in [0.1, 0.15) is 20.8 Å². The third kappa shape index (κ3) is 3.37. The van der Waals surface area contributed by atoms with Crippen molar-refractivity contribution in [1.82, 2.24) is 0 Å². The first-order chi connectivity index (χ1) is 7.82. The molecular formula is C10H15FO6. The Labute approximate surface area is 97.6 Å². The Morgan fingerprint density at radius 1 is 1.18 bits per heavy atom. The van der Waals surface area contributed by atoms with E-state index in [1.54, 1.807) is 0 Å². The van der Waals surface area contributed by atoms with Crippen molar-refractivity contribution in [3.63, 3.8) is 0 Å². The molecule has 0 bridgehead atoms. The van der Waals surface area contributed by atoms with Crippen LogP contribution in [0.3, 0.4) is 0 Å². The van der Waals surface area contributed by atoms with Gasteiger partial charge in [0.25, 0.3) is 0 Å². The van der Waals surface area contributed by atoms with Gasteiger partial charge in [0.1, 0.15) is 6.10 Å². The molecule has 0 unspecified atom stereocenters. The molecule has 98 valence electrons. The van der Waals surface area contributed by atoms with Crippen molar-refractivity contribution in [1.29, 1.82) is 0 Å².